The van der Waals surface area contributed by atoms with Gasteiger partial charge in [0.2, 0.25) is 0 Å². The molecule has 0 atom stereocenters. The first-order chi connectivity index (χ1) is 21.8. The molecule has 0 N–H and O–H groups in total. The van der Waals surface area contributed by atoms with E-state index in [1.54, 1.807) is 0 Å². The Morgan fingerprint density at radius 1 is 0.455 bits per heavy atom. The second-order valence-corrected chi connectivity index (χ2v) is 12.5. The van der Waals surface area contributed by atoms with E-state index in [1.807, 2.05) is 23.7 Å². The van der Waals surface area contributed by atoms with E-state index in [9.17, 15) is 0 Å². The smallest absolute Gasteiger partial charge is 0.144 e. The topological polar surface area (TPSA) is 38.9 Å². The molecule has 0 saturated carbocycles. The Kier molecular flexibility index (Phi) is 4.87. The maximum atomic E-state index is 6.68. The fraction of sp³-hybridized carbons (Fsp3) is 0. The Labute approximate surface area is 255 Å². The summed E-state index contributed by atoms with van der Waals surface area (Å²) < 4.78 is 9.23. The van der Waals surface area contributed by atoms with Crippen LogP contribution in [0.25, 0.3) is 96.9 Å². The van der Waals surface area contributed by atoms with Crippen LogP contribution >= 0.6 is 11.3 Å². The largest absolute Gasteiger partial charge is 0.455 e. The first-order valence-corrected chi connectivity index (χ1v) is 15.5. The van der Waals surface area contributed by atoms with Crippen LogP contribution in [0.2, 0.25) is 0 Å². The molecule has 0 bridgehead atoms. The Bertz CT molecular complexity index is 2790. The molecule has 0 spiro atoms. The number of benzene rings is 7. The van der Waals surface area contributed by atoms with Crippen molar-refractivity contribution in [2.45, 2.75) is 0 Å². The van der Waals surface area contributed by atoms with E-state index in [0.717, 1.165) is 44.5 Å². The van der Waals surface area contributed by atoms with Gasteiger partial charge in [-0.05, 0) is 62.6 Å². The summed E-state index contributed by atoms with van der Waals surface area (Å²) in [5, 5.41) is 12.2. The predicted octanol–water partition coefficient (Wildman–Crippen LogP) is 11.5. The second-order valence-electron chi connectivity index (χ2n) is 11.4. The lowest BCUT2D eigenvalue weighted by atomic mass is 9.93. The van der Waals surface area contributed by atoms with Crippen molar-refractivity contribution in [2.75, 3.05) is 0 Å². The lowest BCUT2D eigenvalue weighted by Gasteiger charge is -2.10. The van der Waals surface area contributed by atoms with E-state index in [2.05, 4.69) is 126 Å². The summed E-state index contributed by atoms with van der Waals surface area (Å²) in [5.41, 5.74) is 5.34. The second kappa shape index (κ2) is 8.96. The van der Waals surface area contributed by atoms with Crippen molar-refractivity contribution in [2.24, 2.45) is 0 Å². The number of furan rings is 1. The maximum Gasteiger partial charge on any atom is 0.144 e. The minimum absolute atomic E-state index is 0.795. The average Bonchev–Trinajstić information content (AvgIpc) is 3.65. The van der Waals surface area contributed by atoms with Crippen LogP contribution in [0.5, 0.6) is 0 Å². The fourth-order valence-corrected chi connectivity index (χ4v) is 8.06. The number of fused-ring (bicyclic) bond motifs is 12. The minimum Gasteiger partial charge on any atom is -0.455 e. The summed E-state index contributed by atoms with van der Waals surface area (Å²) in [5.74, 6) is 0. The highest BCUT2D eigenvalue weighted by Gasteiger charge is 2.17. The zero-order valence-corrected chi connectivity index (χ0v) is 24.2. The standard InChI is InChI=1S/C40H22N2OS/c1-3-10-26-24(8-1)25-9-2-4-11-27(25)33-20-37-34(19-32(26)33)30-13-7-14-31(40(30)43-37)36-22-41-21-35(42-36)23-16-17-29-28-12-5-6-15-38(28)44-39(29)18-23/h1-22H. The molecule has 0 radical (unpaired) electrons. The molecule has 0 aliphatic carbocycles. The SMILES string of the molecule is c1ccc2c(c1)sc1cc(-c3cncc(-c4cccc5c4oc4cc6c7ccccc7c7ccccc7c6cc45)n3)ccc12. The van der Waals surface area contributed by atoms with Gasteiger partial charge in [0, 0.05) is 42.1 Å². The van der Waals surface area contributed by atoms with Crippen molar-refractivity contribution >= 4 is 85.8 Å². The van der Waals surface area contributed by atoms with Crippen LogP contribution in [0, 0.1) is 0 Å². The quantitative estimate of drug-likeness (QED) is 0.192. The van der Waals surface area contributed by atoms with Gasteiger partial charge in [0.25, 0.3) is 0 Å². The van der Waals surface area contributed by atoms with Gasteiger partial charge in [-0.1, -0.05) is 91.0 Å². The van der Waals surface area contributed by atoms with Crippen LogP contribution in [0.1, 0.15) is 0 Å². The van der Waals surface area contributed by atoms with Gasteiger partial charge >= 0.3 is 0 Å². The molecule has 10 rings (SSSR count). The van der Waals surface area contributed by atoms with Crippen molar-refractivity contribution in [1.29, 1.82) is 0 Å². The van der Waals surface area contributed by atoms with Crippen LogP contribution in [0.15, 0.2) is 138 Å². The molecule has 10 aromatic rings. The third-order valence-electron chi connectivity index (χ3n) is 8.95. The summed E-state index contributed by atoms with van der Waals surface area (Å²) in [4.78, 5) is 9.75. The highest BCUT2D eigenvalue weighted by atomic mass is 32.1. The molecule has 4 heteroatoms. The van der Waals surface area contributed by atoms with Crippen molar-refractivity contribution in [1.82, 2.24) is 9.97 Å². The van der Waals surface area contributed by atoms with E-state index in [1.165, 1.54) is 52.5 Å². The number of thiophene rings is 1. The van der Waals surface area contributed by atoms with Gasteiger partial charge in [-0.3, -0.25) is 4.98 Å². The molecule has 3 aromatic heterocycles. The Hall–Kier alpha value is -5.58. The lowest BCUT2D eigenvalue weighted by molar-refractivity contribution is 0.670. The zero-order valence-electron chi connectivity index (χ0n) is 23.4. The highest BCUT2D eigenvalue weighted by molar-refractivity contribution is 7.25. The van der Waals surface area contributed by atoms with Gasteiger partial charge in [-0.2, -0.15) is 0 Å². The first kappa shape index (κ1) is 23.9. The summed E-state index contributed by atoms with van der Waals surface area (Å²) in [6, 6.07) is 43.3. The van der Waals surface area contributed by atoms with Crippen molar-refractivity contribution in [3.05, 3.63) is 134 Å². The minimum atomic E-state index is 0.795. The number of hydrogen-bond donors (Lipinski definition) is 0. The van der Waals surface area contributed by atoms with Crippen LogP contribution in [-0.4, -0.2) is 9.97 Å². The number of rotatable bonds is 2. The molecule has 0 fully saturated rings. The van der Waals surface area contributed by atoms with Crippen molar-refractivity contribution in [3.63, 3.8) is 0 Å². The summed E-state index contributed by atoms with van der Waals surface area (Å²) in [6.07, 6.45) is 3.68. The van der Waals surface area contributed by atoms with Crippen molar-refractivity contribution in [3.8, 4) is 22.5 Å². The molecule has 3 nitrogen and oxygen atoms in total. The molecule has 0 unspecified atom stereocenters. The van der Waals surface area contributed by atoms with Gasteiger partial charge in [-0.25, -0.2) is 4.98 Å². The summed E-state index contributed by atoms with van der Waals surface area (Å²) in [7, 11) is 0. The lowest BCUT2D eigenvalue weighted by Crippen LogP contribution is -1.90. The van der Waals surface area contributed by atoms with Gasteiger partial charge in [0.05, 0.1) is 23.8 Å². The predicted molar refractivity (Wildman–Crippen MR) is 186 cm³/mol. The average molecular weight is 579 g/mol. The summed E-state index contributed by atoms with van der Waals surface area (Å²) >= 11 is 1.81. The fourth-order valence-electron chi connectivity index (χ4n) is 6.92. The molecule has 0 aliphatic heterocycles. The third-order valence-corrected chi connectivity index (χ3v) is 10.1. The van der Waals surface area contributed by atoms with Crippen LogP contribution in [0.3, 0.4) is 0 Å². The number of aromatic nitrogens is 2. The van der Waals surface area contributed by atoms with E-state index >= 15 is 0 Å². The Morgan fingerprint density at radius 2 is 1.09 bits per heavy atom. The molecule has 0 saturated heterocycles. The van der Waals surface area contributed by atoms with Crippen LogP contribution in [0.4, 0.5) is 0 Å². The number of nitrogens with zero attached hydrogens (tertiary/aromatic N) is 2. The molecule has 0 aliphatic rings. The van der Waals surface area contributed by atoms with Gasteiger partial charge in [0.1, 0.15) is 11.2 Å². The molecule has 3 heterocycles. The number of hydrogen-bond acceptors (Lipinski definition) is 4. The Balaban J connectivity index is 1.17. The van der Waals surface area contributed by atoms with E-state index in [0.29, 0.717) is 0 Å². The molecule has 7 aromatic carbocycles. The maximum absolute atomic E-state index is 6.68. The normalized spacial score (nSPS) is 12.1. The van der Waals surface area contributed by atoms with Gasteiger partial charge < -0.3 is 4.42 Å². The molecule has 204 valence electrons. The summed E-state index contributed by atoms with van der Waals surface area (Å²) in [6.45, 7) is 0. The molecule has 44 heavy (non-hydrogen) atoms. The van der Waals surface area contributed by atoms with E-state index in [4.69, 9.17) is 9.40 Å². The van der Waals surface area contributed by atoms with Gasteiger partial charge in [-0.15, -0.1) is 11.3 Å². The monoisotopic (exact) mass is 578 g/mol. The van der Waals surface area contributed by atoms with Crippen molar-refractivity contribution < 1.29 is 4.42 Å². The van der Waals surface area contributed by atoms with Gasteiger partial charge in [0.15, 0.2) is 0 Å². The first-order valence-electron chi connectivity index (χ1n) is 14.7. The zero-order chi connectivity index (χ0) is 28.8. The van der Waals surface area contributed by atoms with E-state index in [-0.39, 0.29) is 0 Å². The van der Waals surface area contributed by atoms with Crippen LogP contribution < -0.4 is 0 Å². The highest BCUT2D eigenvalue weighted by Crippen LogP contribution is 2.42. The van der Waals surface area contributed by atoms with E-state index < -0.39 is 0 Å². The molecule has 0 amide bonds. The third kappa shape index (κ3) is 3.37. The molecular formula is C40H22N2OS. The number of para-hydroxylation sites is 1. The molecular weight excluding hydrogens is 557 g/mol. The Morgan fingerprint density at radius 3 is 1.89 bits per heavy atom. The van der Waals surface area contributed by atoms with Crippen LogP contribution in [-0.2, 0) is 0 Å².